The number of rotatable bonds is 2. The number of hydrogen-bond acceptors (Lipinski definition) is 5. The topological polar surface area (TPSA) is 84.0 Å². The van der Waals surface area contributed by atoms with Gasteiger partial charge in [0.2, 0.25) is 11.8 Å². The van der Waals surface area contributed by atoms with Crippen LogP contribution in [0.3, 0.4) is 0 Å². The Balaban J connectivity index is 1.95. The smallest absolute Gasteiger partial charge is 0.259 e. The van der Waals surface area contributed by atoms with Crippen molar-refractivity contribution in [1.29, 1.82) is 0 Å². The fourth-order valence-corrected chi connectivity index (χ4v) is 3.10. The van der Waals surface area contributed by atoms with Crippen molar-refractivity contribution < 1.29 is 23.9 Å². The summed E-state index contributed by atoms with van der Waals surface area (Å²) in [7, 11) is 1.37. The molecule has 0 bridgehead atoms. The summed E-state index contributed by atoms with van der Waals surface area (Å²) in [6, 6.07) is 0. The van der Waals surface area contributed by atoms with Crippen molar-refractivity contribution in [1.82, 2.24) is 9.80 Å². The van der Waals surface area contributed by atoms with Crippen molar-refractivity contribution in [2.45, 2.75) is 25.6 Å². The number of imide groups is 2. The molecule has 3 heterocycles. The number of hydrogen-bond donors (Lipinski definition) is 0. The summed E-state index contributed by atoms with van der Waals surface area (Å²) in [5, 5.41) is 0. The molecule has 0 aromatic carbocycles. The van der Waals surface area contributed by atoms with Crippen LogP contribution in [-0.4, -0.2) is 59.2 Å². The third-order valence-electron chi connectivity index (χ3n) is 4.03. The van der Waals surface area contributed by atoms with E-state index in [4.69, 9.17) is 4.74 Å². The van der Waals surface area contributed by atoms with E-state index in [2.05, 4.69) is 0 Å². The maximum absolute atomic E-state index is 12.2. The molecular formula is C12H14N2O5. The van der Waals surface area contributed by atoms with Crippen LogP contribution in [0.1, 0.15) is 13.3 Å². The van der Waals surface area contributed by atoms with E-state index in [1.807, 2.05) is 6.92 Å². The minimum absolute atomic E-state index is 0.323. The first-order chi connectivity index (χ1) is 8.99. The van der Waals surface area contributed by atoms with Gasteiger partial charge < -0.3 is 4.74 Å². The molecule has 4 unspecified atom stereocenters. The van der Waals surface area contributed by atoms with Crippen molar-refractivity contribution in [2.75, 3.05) is 13.6 Å². The SMILES string of the molecule is CCCN1C(=O)C2OC3C(=O)N(C)C(=O)C3C2C1=O. The molecule has 4 atom stereocenters. The van der Waals surface area contributed by atoms with Gasteiger partial charge >= 0.3 is 0 Å². The summed E-state index contributed by atoms with van der Waals surface area (Å²) in [6.07, 6.45) is -1.28. The van der Waals surface area contributed by atoms with Gasteiger partial charge in [-0.25, -0.2) is 0 Å². The van der Waals surface area contributed by atoms with Crippen molar-refractivity contribution in [3.63, 3.8) is 0 Å². The minimum atomic E-state index is -0.968. The Morgan fingerprint density at radius 2 is 1.53 bits per heavy atom. The van der Waals surface area contributed by atoms with Crippen LogP contribution >= 0.6 is 0 Å². The number of fused-ring (bicyclic) bond motifs is 3. The Morgan fingerprint density at radius 3 is 2.16 bits per heavy atom. The van der Waals surface area contributed by atoms with Crippen molar-refractivity contribution in [3.8, 4) is 0 Å². The Bertz CT molecular complexity index is 502. The van der Waals surface area contributed by atoms with Crippen LogP contribution in [0.15, 0.2) is 0 Å². The molecule has 3 saturated heterocycles. The van der Waals surface area contributed by atoms with E-state index < -0.39 is 41.8 Å². The number of ether oxygens (including phenoxy) is 1. The highest BCUT2D eigenvalue weighted by molar-refractivity contribution is 6.14. The average Bonchev–Trinajstić information content (AvgIpc) is 2.95. The molecule has 4 amide bonds. The predicted octanol–water partition coefficient (Wildman–Crippen LogP) is -1.24. The quantitative estimate of drug-likeness (QED) is 0.584. The summed E-state index contributed by atoms with van der Waals surface area (Å²) in [5.74, 6) is -3.37. The molecule has 0 aromatic heterocycles. The number of carbonyl (C=O) groups excluding carboxylic acids is 4. The summed E-state index contributed by atoms with van der Waals surface area (Å²) in [4.78, 5) is 50.2. The molecule has 0 aromatic rings. The Hall–Kier alpha value is -1.76. The van der Waals surface area contributed by atoms with Crippen LogP contribution in [0, 0.1) is 11.8 Å². The number of amides is 4. The lowest BCUT2D eigenvalue weighted by atomic mass is 9.89. The molecule has 3 fully saturated rings. The zero-order chi connectivity index (χ0) is 13.9. The van der Waals surface area contributed by atoms with E-state index in [0.29, 0.717) is 13.0 Å². The van der Waals surface area contributed by atoms with Crippen LogP contribution < -0.4 is 0 Å². The molecule has 7 heteroatoms. The van der Waals surface area contributed by atoms with Gasteiger partial charge in [0, 0.05) is 13.6 Å². The molecular weight excluding hydrogens is 252 g/mol. The van der Waals surface area contributed by atoms with Crippen molar-refractivity contribution >= 4 is 23.6 Å². The highest BCUT2D eigenvalue weighted by Gasteiger charge is 2.66. The summed E-state index contributed by atoms with van der Waals surface area (Å²) < 4.78 is 5.40. The number of likely N-dealkylation sites (N-methyl/N-ethyl adjacent to an activating group) is 1. The normalized spacial score (nSPS) is 37.4. The van der Waals surface area contributed by atoms with Crippen molar-refractivity contribution in [2.24, 2.45) is 11.8 Å². The number of carbonyl (C=O) groups is 4. The van der Waals surface area contributed by atoms with E-state index in [1.54, 1.807) is 0 Å². The van der Waals surface area contributed by atoms with Crippen LogP contribution in [0.2, 0.25) is 0 Å². The maximum atomic E-state index is 12.2. The third kappa shape index (κ3) is 1.36. The zero-order valence-electron chi connectivity index (χ0n) is 10.7. The average molecular weight is 266 g/mol. The lowest BCUT2D eigenvalue weighted by Crippen LogP contribution is -2.37. The fraction of sp³-hybridized carbons (Fsp3) is 0.667. The van der Waals surface area contributed by atoms with Gasteiger partial charge in [0.15, 0.2) is 12.2 Å². The minimum Gasteiger partial charge on any atom is -0.354 e. The van der Waals surface area contributed by atoms with Crippen LogP contribution in [0.5, 0.6) is 0 Å². The van der Waals surface area contributed by atoms with Crippen LogP contribution in [0.25, 0.3) is 0 Å². The largest absolute Gasteiger partial charge is 0.354 e. The molecule has 3 aliphatic heterocycles. The van der Waals surface area contributed by atoms with Gasteiger partial charge in [0.05, 0.1) is 11.8 Å². The zero-order valence-corrected chi connectivity index (χ0v) is 10.7. The Kier molecular flexibility index (Phi) is 2.50. The first-order valence-corrected chi connectivity index (χ1v) is 6.31. The standard InChI is InChI=1S/C12H14N2O5/c1-3-4-14-10(16)6-5-7(19-8(6)12(14)18)11(17)13(2)9(5)15/h5-8H,3-4H2,1-2H3. The lowest BCUT2D eigenvalue weighted by Gasteiger charge is -2.16. The number of likely N-dealkylation sites (tertiary alicyclic amines) is 2. The lowest BCUT2D eigenvalue weighted by molar-refractivity contribution is -0.147. The van der Waals surface area contributed by atoms with E-state index in [0.717, 1.165) is 9.80 Å². The van der Waals surface area contributed by atoms with Gasteiger partial charge in [-0.1, -0.05) is 6.92 Å². The highest BCUT2D eigenvalue weighted by atomic mass is 16.5. The van der Waals surface area contributed by atoms with Crippen LogP contribution in [0.4, 0.5) is 0 Å². The predicted molar refractivity (Wildman–Crippen MR) is 60.4 cm³/mol. The van der Waals surface area contributed by atoms with Crippen molar-refractivity contribution in [3.05, 3.63) is 0 Å². The van der Waals surface area contributed by atoms with Gasteiger partial charge in [-0.2, -0.15) is 0 Å². The Labute approximate surface area is 109 Å². The molecule has 0 saturated carbocycles. The van der Waals surface area contributed by atoms with Gasteiger partial charge in [-0.15, -0.1) is 0 Å². The molecule has 7 nitrogen and oxygen atoms in total. The van der Waals surface area contributed by atoms with Crippen LogP contribution in [-0.2, 0) is 23.9 Å². The van der Waals surface area contributed by atoms with E-state index in [1.165, 1.54) is 7.05 Å². The number of nitrogens with zero attached hydrogens (tertiary/aromatic N) is 2. The first kappa shape index (κ1) is 12.3. The second-order valence-corrected chi connectivity index (χ2v) is 5.09. The second kappa shape index (κ2) is 3.86. The van der Waals surface area contributed by atoms with Gasteiger partial charge in [-0.3, -0.25) is 29.0 Å². The third-order valence-corrected chi connectivity index (χ3v) is 4.03. The monoisotopic (exact) mass is 266 g/mol. The van der Waals surface area contributed by atoms with Gasteiger partial charge in [-0.05, 0) is 6.42 Å². The molecule has 19 heavy (non-hydrogen) atoms. The van der Waals surface area contributed by atoms with E-state index in [9.17, 15) is 19.2 Å². The maximum Gasteiger partial charge on any atom is 0.259 e. The molecule has 0 N–H and O–H groups in total. The highest BCUT2D eigenvalue weighted by Crippen LogP contribution is 2.43. The molecule has 3 rings (SSSR count). The summed E-state index contributed by atoms with van der Waals surface area (Å²) in [6.45, 7) is 2.18. The Morgan fingerprint density at radius 1 is 0.947 bits per heavy atom. The second-order valence-electron chi connectivity index (χ2n) is 5.09. The first-order valence-electron chi connectivity index (χ1n) is 6.31. The summed E-state index contributed by atoms with van der Waals surface area (Å²) in [5.41, 5.74) is 0. The van der Waals surface area contributed by atoms with E-state index in [-0.39, 0.29) is 5.91 Å². The van der Waals surface area contributed by atoms with E-state index >= 15 is 0 Å². The molecule has 0 aliphatic carbocycles. The fourth-order valence-electron chi connectivity index (χ4n) is 3.10. The molecule has 0 radical (unpaired) electrons. The summed E-state index contributed by atoms with van der Waals surface area (Å²) >= 11 is 0. The molecule has 102 valence electrons. The van der Waals surface area contributed by atoms with Gasteiger partial charge in [0.25, 0.3) is 11.8 Å². The van der Waals surface area contributed by atoms with Gasteiger partial charge in [0.1, 0.15) is 0 Å². The molecule has 3 aliphatic rings. The molecule has 0 spiro atoms.